The molecule has 0 atom stereocenters. The van der Waals surface area contributed by atoms with Crippen molar-refractivity contribution in [2.45, 2.75) is 4.90 Å². The van der Waals surface area contributed by atoms with Crippen molar-refractivity contribution in [3.05, 3.63) is 83.1 Å². The Labute approximate surface area is 167 Å². The molecule has 28 heavy (non-hydrogen) atoms. The minimum absolute atomic E-state index is 0.0802. The molecule has 4 rings (SSSR count). The minimum Gasteiger partial charge on any atom is -0.331 e. The van der Waals surface area contributed by atoms with Gasteiger partial charge < -0.3 is 4.98 Å². The van der Waals surface area contributed by atoms with Crippen LogP contribution in [0.4, 0.5) is 0 Å². The molecule has 0 saturated carbocycles. The first-order valence-corrected chi connectivity index (χ1v) is 10.2. The van der Waals surface area contributed by atoms with Crippen LogP contribution in [0.1, 0.15) is 11.4 Å². The second kappa shape index (κ2) is 7.13. The fraction of sp³-hybridized carbons (Fsp3) is 0. The Balaban J connectivity index is 1.73. The van der Waals surface area contributed by atoms with Crippen molar-refractivity contribution in [1.82, 2.24) is 9.97 Å². The number of sulfonamides is 1. The monoisotopic (exact) mass is 407 g/mol. The van der Waals surface area contributed by atoms with Crippen LogP contribution in [0.2, 0.25) is 5.02 Å². The number of benzene rings is 3. The molecule has 0 spiro atoms. The number of fused-ring (bicyclic) bond motifs is 1. The summed E-state index contributed by atoms with van der Waals surface area (Å²) in [5.74, 6) is 6.53. The fourth-order valence-electron chi connectivity index (χ4n) is 2.85. The van der Waals surface area contributed by atoms with Crippen molar-refractivity contribution >= 4 is 32.7 Å². The number of nitrogens with two attached hydrogens (primary N) is 1. The van der Waals surface area contributed by atoms with Gasteiger partial charge >= 0.3 is 0 Å². The van der Waals surface area contributed by atoms with E-state index in [2.05, 4.69) is 21.8 Å². The van der Waals surface area contributed by atoms with E-state index in [0.717, 1.165) is 22.2 Å². The maximum atomic E-state index is 11.9. The lowest BCUT2D eigenvalue weighted by molar-refractivity contribution is 0.598. The summed E-state index contributed by atoms with van der Waals surface area (Å²) in [4.78, 5) is 7.69. The smallest absolute Gasteiger partial charge is 0.238 e. The van der Waals surface area contributed by atoms with E-state index in [-0.39, 0.29) is 4.90 Å². The number of rotatable bonds is 2. The molecule has 0 fully saturated rings. The van der Waals surface area contributed by atoms with Gasteiger partial charge in [0.05, 0.1) is 15.9 Å². The standard InChI is InChI=1S/C21H14ClN3O2S/c22-16-9-5-14(6-10-16)7-12-21-24-18-11-8-15(13-19(18)25-21)17-3-1-2-4-20(17)28(23,26)27/h1-6,8-11,13H,(H,24,25)(H2,23,26,27). The molecule has 7 heteroatoms. The van der Waals surface area contributed by atoms with Gasteiger partial charge in [-0.1, -0.05) is 41.8 Å². The van der Waals surface area contributed by atoms with Crippen molar-refractivity contribution in [2.24, 2.45) is 5.14 Å². The van der Waals surface area contributed by atoms with E-state index < -0.39 is 10.0 Å². The maximum Gasteiger partial charge on any atom is 0.238 e. The van der Waals surface area contributed by atoms with Crippen LogP contribution in [0.25, 0.3) is 22.2 Å². The van der Waals surface area contributed by atoms with Crippen LogP contribution < -0.4 is 5.14 Å². The van der Waals surface area contributed by atoms with E-state index in [1.807, 2.05) is 30.3 Å². The quantitative estimate of drug-likeness (QED) is 0.493. The topological polar surface area (TPSA) is 88.8 Å². The van der Waals surface area contributed by atoms with Crippen molar-refractivity contribution in [3.63, 3.8) is 0 Å². The molecule has 0 bridgehead atoms. The fourth-order valence-corrected chi connectivity index (χ4v) is 3.74. The van der Waals surface area contributed by atoms with E-state index in [1.54, 1.807) is 30.3 Å². The molecule has 0 aliphatic heterocycles. The molecule has 0 radical (unpaired) electrons. The highest BCUT2D eigenvalue weighted by Gasteiger charge is 2.15. The van der Waals surface area contributed by atoms with Gasteiger partial charge in [-0.05, 0) is 53.9 Å². The summed E-state index contributed by atoms with van der Waals surface area (Å²) in [6, 6.07) is 19.3. The summed E-state index contributed by atoms with van der Waals surface area (Å²) in [5.41, 5.74) is 3.57. The summed E-state index contributed by atoms with van der Waals surface area (Å²) in [7, 11) is -3.83. The number of primary sulfonamides is 1. The van der Waals surface area contributed by atoms with E-state index >= 15 is 0 Å². The zero-order valence-corrected chi connectivity index (χ0v) is 16.1. The third kappa shape index (κ3) is 3.78. The van der Waals surface area contributed by atoms with Crippen LogP contribution in [-0.2, 0) is 10.0 Å². The number of imidazole rings is 1. The Morgan fingerprint density at radius 2 is 1.71 bits per heavy atom. The molecule has 1 heterocycles. The van der Waals surface area contributed by atoms with Gasteiger partial charge in [-0.3, -0.25) is 0 Å². The lowest BCUT2D eigenvalue weighted by Crippen LogP contribution is -2.13. The van der Waals surface area contributed by atoms with Crippen LogP contribution in [0, 0.1) is 11.8 Å². The Hall–Kier alpha value is -3.11. The van der Waals surface area contributed by atoms with Gasteiger partial charge in [0.1, 0.15) is 0 Å². The number of aromatic nitrogens is 2. The molecular weight excluding hydrogens is 394 g/mol. The van der Waals surface area contributed by atoms with Crippen molar-refractivity contribution < 1.29 is 8.42 Å². The first-order valence-electron chi connectivity index (χ1n) is 8.30. The van der Waals surface area contributed by atoms with Crippen LogP contribution in [0.15, 0.2) is 71.6 Å². The predicted octanol–water partition coefficient (Wildman–Crippen LogP) is 3.93. The average molecular weight is 408 g/mol. The van der Waals surface area contributed by atoms with Crippen LogP contribution in [0.5, 0.6) is 0 Å². The number of aromatic amines is 1. The second-order valence-corrected chi connectivity index (χ2v) is 8.08. The molecule has 0 aliphatic rings. The van der Waals surface area contributed by atoms with Crippen LogP contribution in [-0.4, -0.2) is 18.4 Å². The molecule has 0 saturated heterocycles. The van der Waals surface area contributed by atoms with Gasteiger partial charge in [0.15, 0.2) is 5.82 Å². The van der Waals surface area contributed by atoms with Crippen molar-refractivity contribution in [1.29, 1.82) is 0 Å². The highest BCUT2D eigenvalue weighted by Crippen LogP contribution is 2.28. The molecular formula is C21H14ClN3O2S. The van der Waals surface area contributed by atoms with E-state index in [4.69, 9.17) is 16.7 Å². The Morgan fingerprint density at radius 1 is 0.964 bits per heavy atom. The molecule has 3 aromatic carbocycles. The Morgan fingerprint density at radius 3 is 2.46 bits per heavy atom. The minimum atomic E-state index is -3.83. The van der Waals surface area contributed by atoms with Crippen molar-refractivity contribution in [3.8, 4) is 23.0 Å². The van der Waals surface area contributed by atoms with Gasteiger partial charge in [0.2, 0.25) is 10.0 Å². The van der Waals surface area contributed by atoms with Gasteiger partial charge in [-0.25, -0.2) is 18.5 Å². The summed E-state index contributed by atoms with van der Waals surface area (Å²) in [6.45, 7) is 0. The highest BCUT2D eigenvalue weighted by molar-refractivity contribution is 7.89. The molecule has 5 nitrogen and oxygen atoms in total. The number of halogens is 1. The summed E-state index contributed by atoms with van der Waals surface area (Å²) < 4.78 is 23.7. The van der Waals surface area contributed by atoms with Gasteiger partial charge in [-0.15, -0.1) is 0 Å². The SMILES string of the molecule is NS(=O)(=O)c1ccccc1-c1ccc2nc(C#Cc3ccc(Cl)cc3)[nH]c2c1. The number of hydrogen-bond acceptors (Lipinski definition) is 3. The number of H-pyrrole nitrogens is 1. The summed E-state index contributed by atoms with van der Waals surface area (Å²) >= 11 is 5.87. The van der Waals surface area contributed by atoms with Gasteiger partial charge in [0, 0.05) is 16.1 Å². The third-order valence-electron chi connectivity index (χ3n) is 4.16. The molecule has 1 aromatic heterocycles. The first kappa shape index (κ1) is 18.3. The number of nitrogens with zero attached hydrogens (tertiary/aromatic N) is 1. The highest BCUT2D eigenvalue weighted by atomic mass is 35.5. The van der Waals surface area contributed by atoms with Gasteiger partial charge in [-0.2, -0.15) is 0 Å². The van der Waals surface area contributed by atoms with E-state index in [0.29, 0.717) is 16.4 Å². The zero-order valence-electron chi connectivity index (χ0n) is 14.5. The zero-order chi connectivity index (χ0) is 19.7. The van der Waals surface area contributed by atoms with Gasteiger partial charge in [0.25, 0.3) is 0 Å². The molecule has 138 valence electrons. The van der Waals surface area contributed by atoms with E-state index in [1.165, 1.54) is 6.07 Å². The number of nitrogens with one attached hydrogen (secondary N) is 1. The second-order valence-electron chi connectivity index (χ2n) is 6.12. The molecule has 0 unspecified atom stereocenters. The van der Waals surface area contributed by atoms with Crippen LogP contribution >= 0.6 is 11.6 Å². The first-order chi connectivity index (χ1) is 13.4. The molecule has 3 N–H and O–H groups in total. The van der Waals surface area contributed by atoms with Crippen LogP contribution in [0.3, 0.4) is 0 Å². The third-order valence-corrected chi connectivity index (χ3v) is 5.38. The average Bonchev–Trinajstić information content (AvgIpc) is 3.09. The number of hydrogen-bond donors (Lipinski definition) is 2. The summed E-state index contributed by atoms with van der Waals surface area (Å²) in [6.07, 6.45) is 0. The summed E-state index contributed by atoms with van der Waals surface area (Å²) in [5, 5.41) is 6.00. The lowest BCUT2D eigenvalue weighted by atomic mass is 10.1. The molecule has 0 amide bonds. The van der Waals surface area contributed by atoms with E-state index in [9.17, 15) is 8.42 Å². The predicted molar refractivity (Wildman–Crippen MR) is 110 cm³/mol. The lowest BCUT2D eigenvalue weighted by Gasteiger charge is -2.07. The molecule has 0 aliphatic carbocycles. The Kier molecular flexibility index (Phi) is 4.65. The normalized spacial score (nSPS) is 11.2. The molecule has 4 aromatic rings. The largest absolute Gasteiger partial charge is 0.331 e. The Bertz CT molecular complexity index is 1350. The maximum absolute atomic E-state index is 11.9. The van der Waals surface area contributed by atoms with Crippen molar-refractivity contribution in [2.75, 3.05) is 0 Å².